The van der Waals surface area contributed by atoms with Crippen LogP contribution in [0.2, 0.25) is 5.02 Å². The van der Waals surface area contributed by atoms with Gasteiger partial charge in [-0.05, 0) is 30.2 Å². The number of ether oxygens (including phenoxy) is 1. The van der Waals surface area contributed by atoms with Crippen molar-refractivity contribution >= 4 is 39.4 Å². The molecule has 1 fully saturated rings. The summed E-state index contributed by atoms with van der Waals surface area (Å²) in [4.78, 5) is 25.0. The minimum atomic E-state index is -3.07. The summed E-state index contributed by atoms with van der Waals surface area (Å²) in [5.41, 5.74) is 0.735. The standard InChI is InChI=1S/C16H18ClNO5S/c1-18(14-7-8-24(21,22)11-14)15(19)10-23-16(20)6-5-12-3-2-4-13(17)9-12/h2-6,9,14H,7-8,10-11H2,1H3/b6-5+/t14-/m0/s1. The first kappa shape index (κ1) is 18.5. The van der Waals surface area contributed by atoms with Gasteiger partial charge < -0.3 is 9.64 Å². The molecule has 0 spiro atoms. The second-order valence-electron chi connectivity index (χ2n) is 5.56. The molecule has 1 aromatic rings. The van der Waals surface area contributed by atoms with Crippen molar-refractivity contribution in [3.63, 3.8) is 0 Å². The van der Waals surface area contributed by atoms with Crippen molar-refractivity contribution in [2.75, 3.05) is 25.2 Å². The molecular weight excluding hydrogens is 354 g/mol. The van der Waals surface area contributed by atoms with Gasteiger partial charge in [0, 0.05) is 24.2 Å². The normalized spacial score (nSPS) is 19.3. The quantitative estimate of drug-likeness (QED) is 0.579. The minimum Gasteiger partial charge on any atom is -0.452 e. The Morgan fingerprint density at radius 1 is 1.42 bits per heavy atom. The van der Waals surface area contributed by atoms with E-state index >= 15 is 0 Å². The number of hydrogen-bond acceptors (Lipinski definition) is 5. The van der Waals surface area contributed by atoms with Crippen LogP contribution in [0.5, 0.6) is 0 Å². The highest BCUT2D eigenvalue weighted by Crippen LogP contribution is 2.16. The van der Waals surface area contributed by atoms with Gasteiger partial charge in [-0.2, -0.15) is 0 Å². The Bertz CT molecular complexity index is 759. The maximum atomic E-state index is 12.0. The van der Waals surface area contributed by atoms with Gasteiger partial charge in [-0.3, -0.25) is 4.79 Å². The summed E-state index contributed by atoms with van der Waals surface area (Å²) in [7, 11) is -1.55. The second-order valence-corrected chi connectivity index (χ2v) is 8.22. The van der Waals surface area contributed by atoms with Crippen LogP contribution in [0.1, 0.15) is 12.0 Å². The Balaban J connectivity index is 1.82. The monoisotopic (exact) mass is 371 g/mol. The molecule has 1 aromatic carbocycles. The third-order valence-corrected chi connectivity index (χ3v) is 5.73. The van der Waals surface area contributed by atoms with E-state index in [4.69, 9.17) is 16.3 Å². The SMILES string of the molecule is CN(C(=O)COC(=O)/C=C/c1cccc(Cl)c1)[C@H]1CCS(=O)(=O)C1. The van der Waals surface area contributed by atoms with Crippen molar-refractivity contribution < 1.29 is 22.7 Å². The van der Waals surface area contributed by atoms with Gasteiger partial charge in [0.1, 0.15) is 0 Å². The zero-order chi connectivity index (χ0) is 17.7. The van der Waals surface area contributed by atoms with Crippen LogP contribution < -0.4 is 0 Å². The number of halogens is 1. The lowest BCUT2D eigenvalue weighted by atomic mass is 10.2. The molecule has 0 bridgehead atoms. The smallest absolute Gasteiger partial charge is 0.331 e. The third kappa shape index (κ3) is 5.35. The molecule has 0 N–H and O–H groups in total. The number of likely N-dealkylation sites (N-methyl/N-ethyl adjacent to an activating group) is 1. The largest absolute Gasteiger partial charge is 0.452 e. The highest BCUT2D eigenvalue weighted by atomic mass is 35.5. The maximum absolute atomic E-state index is 12.0. The first-order chi connectivity index (χ1) is 11.3. The predicted molar refractivity (Wildman–Crippen MR) is 91.3 cm³/mol. The molecule has 1 amide bonds. The summed E-state index contributed by atoms with van der Waals surface area (Å²) in [6.45, 7) is -0.425. The molecular formula is C16H18ClNO5S. The van der Waals surface area contributed by atoms with Crippen molar-refractivity contribution in [3.05, 3.63) is 40.9 Å². The van der Waals surface area contributed by atoms with Crippen LogP contribution in [0.3, 0.4) is 0 Å². The molecule has 1 aliphatic heterocycles. The van der Waals surface area contributed by atoms with E-state index in [-0.39, 0.29) is 17.5 Å². The van der Waals surface area contributed by atoms with E-state index < -0.39 is 28.3 Å². The number of rotatable bonds is 5. The number of amides is 1. The Hall–Kier alpha value is -1.86. The van der Waals surface area contributed by atoms with Crippen molar-refractivity contribution in [2.45, 2.75) is 12.5 Å². The van der Waals surface area contributed by atoms with E-state index in [1.54, 1.807) is 24.3 Å². The molecule has 130 valence electrons. The summed E-state index contributed by atoms with van der Waals surface area (Å²) in [5, 5.41) is 0.550. The van der Waals surface area contributed by atoms with Crippen molar-refractivity contribution in [1.29, 1.82) is 0 Å². The number of carbonyl (C=O) groups excluding carboxylic acids is 2. The van der Waals surface area contributed by atoms with Crippen LogP contribution in [-0.2, 0) is 24.2 Å². The Kier molecular flexibility index (Phi) is 6.01. The summed E-state index contributed by atoms with van der Waals surface area (Å²) in [6, 6.07) is 6.57. The number of sulfone groups is 1. The predicted octanol–water partition coefficient (Wildman–Crippen LogP) is 1.54. The topological polar surface area (TPSA) is 80.8 Å². The van der Waals surface area contributed by atoms with Gasteiger partial charge in [-0.25, -0.2) is 13.2 Å². The Morgan fingerprint density at radius 3 is 2.79 bits per heavy atom. The minimum absolute atomic E-state index is 0.0438. The first-order valence-corrected chi connectivity index (χ1v) is 9.53. The summed E-state index contributed by atoms with van der Waals surface area (Å²) < 4.78 is 27.8. The molecule has 0 aromatic heterocycles. The molecule has 0 aliphatic carbocycles. The fraction of sp³-hybridized carbons (Fsp3) is 0.375. The Morgan fingerprint density at radius 2 is 2.17 bits per heavy atom. The fourth-order valence-corrected chi connectivity index (χ4v) is 4.31. The number of hydrogen-bond donors (Lipinski definition) is 0. The van der Waals surface area contributed by atoms with Crippen molar-refractivity contribution in [1.82, 2.24) is 4.90 Å². The van der Waals surface area contributed by atoms with Gasteiger partial charge in [0.05, 0.1) is 11.5 Å². The third-order valence-electron chi connectivity index (χ3n) is 3.75. The van der Waals surface area contributed by atoms with Crippen molar-refractivity contribution in [2.24, 2.45) is 0 Å². The lowest BCUT2D eigenvalue weighted by Crippen LogP contribution is -2.40. The molecule has 2 rings (SSSR count). The van der Waals surface area contributed by atoms with Gasteiger partial charge in [0.25, 0.3) is 5.91 Å². The average Bonchev–Trinajstić information content (AvgIpc) is 2.90. The van der Waals surface area contributed by atoms with Crippen LogP contribution in [-0.4, -0.2) is 56.4 Å². The highest BCUT2D eigenvalue weighted by Gasteiger charge is 2.32. The highest BCUT2D eigenvalue weighted by molar-refractivity contribution is 7.91. The van der Waals surface area contributed by atoms with E-state index in [0.29, 0.717) is 11.4 Å². The maximum Gasteiger partial charge on any atom is 0.331 e. The van der Waals surface area contributed by atoms with Gasteiger partial charge in [0.2, 0.25) is 0 Å². The Labute approximate surface area is 146 Å². The summed E-state index contributed by atoms with van der Waals surface area (Å²) in [5.74, 6) is -1.05. The van der Waals surface area contributed by atoms with Crippen LogP contribution >= 0.6 is 11.6 Å². The molecule has 6 nitrogen and oxygen atoms in total. The number of carbonyl (C=O) groups is 2. The van der Waals surface area contributed by atoms with E-state index in [1.165, 1.54) is 24.1 Å². The lowest BCUT2D eigenvalue weighted by Gasteiger charge is -2.22. The van der Waals surface area contributed by atoms with E-state index in [0.717, 1.165) is 5.56 Å². The van der Waals surface area contributed by atoms with Crippen LogP contribution in [0, 0.1) is 0 Å². The molecule has 1 saturated heterocycles. The molecule has 8 heteroatoms. The average molecular weight is 372 g/mol. The molecule has 1 heterocycles. The van der Waals surface area contributed by atoms with E-state index in [9.17, 15) is 18.0 Å². The molecule has 0 radical (unpaired) electrons. The molecule has 0 unspecified atom stereocenters. The van der Waals surface area contributed by atoms with Crippen LogP contribution in [0.4, 0.5) is 0 Å². The van der Waals surface area contributed by atoms with E-state index in [2.05, 4.69) is 0 Å². The molecule has 1 atom stereocenters. The molecule has 0 saturated carbocycles. The zero-order valence-electron chi connectivity index (χ0n) is 13.1. The van der Waals surface area contributed by atoms with Gasteiger partial charge in [0.15, 0.2) is 16.4 Å². The van der Waals surface area contributed by atoms with E-state index in [1.807, 2.05) is 0 Å². The van der Waals surface area contributed by atoms with Crippen molar-refractivity contribution in [3.8, 4) is 0 Å². The second kappa shape index (κ2) is 7.81. The molecule has 24 heavy (non-hydrogen) atoms. The summed E-state index contributed by atoms with van der Waals surface area (Å²) >= 11 is 5.84. The van der Waals surface area contributed by atoms with Crippen LogP contribution in [0.15, 0.2) is 30.3 Å². The number of esters is 1. The first-order valence-electron chi connectivity index (χ1n) is 7.33. The lowest BCUT2D eigenvalue weighted by molar-refractivity contribution is -0.148. The summed E-state index contributed by atoms with van der Waals surface area (Å²) in [6.07, 6.45) is 3.15. The van der Waals surface area contributed by atoms with Gasteiger partial charge >= 0.3 is 5.97 Å². The van der Waals surface area contributed by atoms with Crippen LogP contribution in [0.25, 0.3) is 6.08 Å². The molecule has 1 aliphatic rings. The van der Waals surface area contributed by atoms with Gasteiger partial charge in [-0.1, -0.05) is 23.7 Å². The zero-order valence-corrected chi connectivity index (χ0v) is 14.7. The number of nitrogens with zero attached hydrogens (tertiary/aromatic N) is 1. The fourth-order valence-electron chi connectivity index (χ4n) is 2.34. The van der Waals surface area contributed by atoms with Gasteiger partial charge in [-0.15, -0.1) is 0 Å². The number of benzene rings is 1.